The van der Waals surface area contributed by atoms with Gasteiger partial charge < -0.3 is 22.1 Å². The van der Waals surface area contributed by atoms with Gasteiger partial charge in [-0.05, 0) is 25.5 Å². The molecular formula is C14H23N5O. The number of aliphatic imine (C=N–C) groups is 1. The molecule has 0 fully saturated rings. The van der Waals surface area contributed by atoms with E-state index in [0.717, 1.165) is 12.0 Å². The fraction of sp³-hybridized carbons (Fsp3) is 0.429. The molecule has 1 atom stereocenters. The van der Waals surface area contributed by atoms with Gasteiger partial charge in [0.15, 0.2) is 5.96 Å². The number of rotatable bonds is 8. The van der Waals surface area contributed by atoms with Gasteiger partial charge in [-0.25, -0.2) is 0 Å². The SMILES string of the molecule is CNC(CCCN=C(N)N)C(=O)NCc1ccccc1. The van der Waals surface area contributed by atoms with E-state index in [1.165, 1.54) is 0 Å². The monoisotopic (exact) mass is 277 g/mol. The van der Waals surface area contributed by atoms with Crippen molar-refractivity contribution in [3.8, 4) is 0 Å². The number of hydrogen-bond donors (Lipinski definition) is 4. The first-order valence-corrected chi connectivity index (χ1v) is 6.67. The molecule has 0 aromatic heterocycles. The van der Waals surface area contributed by atoms with Crippen LogP contribution in [0.1, 0.15) is 18.4 Å². The second kappa shape index (κ2) is 8.92. The van der Waals surface area contributed by atoms with Gasteiger partial charge >= 0.3 is 0 Å². The van der Waals surface area contributed by atoms with Gasteiger partial charge in [0.1, 0.15) is 0 Å². The average molecular weight is 277 g/mol. The highest BCUT2D eigenvalue weighted by Crippen LogP contribution is 2.00. The largest absolute Gasteiger partial charge is 0.370 e. The summed E-state index contributed by atoms with van der Waals surface area (Å²) in [6, 6.07) is 9.58. The minimum Gasteiger partial charge on any atom is -0.370 e. The highest BCUT2D eigenvalue weighted by Gasteiger charge is 2.15. The molecule has 110 valence electrons. The van der Waals surface area contributed by atoms with Crippen LogP contribution in [0.2, 0.25) is 0 Å². The maximum atomic E-state index is 12.0. The number of hydrogen-bond acceptors (Lipinski definition) is 3. The van der Waals surface area contributed by atoms with E-state index in [0.29, 0.717) is 19.5 Å². The van der Waals surface area contributed by atoms with Gasteiger partial charge in [0.2, 0.25) is 5.91 Å². The number of likely N-dealkylation sites (N-methyl/N-ethyl adjacent to an activating group) is 1. The third kappa shape index (κ3) is 6.19. The smallest absolute Gasteiger partial charge is 0.237 e. The van der Waals surface area contributed by atoms with Crippen LogP contribution < -0.4 is 22.1 Å². The zero-order chi connectivity index (χ0) is 14.8. The quantitative estimate of drug-likeness (QED) is 0.303. The summed E-state index contributed by atoms with van der Waals surface area (Å²) in [5.41, 5.74) is 11.6. The van der Waals surface area contributed by atoms with Crippen LogP contribution in [-0.2, 0) is 11.3 Å². The number of nitrogens with zero attached hydrogens (tertiary/aromatic N) is 1. The first-order chi connectivity index (χ1) is 9.63. The summed E-state index contributed by atoms with van der Waals surface area (Å²) in [7, 11) is 1.77. The number of nitrogens with two attached hydrogens (primary N) is 2. The van der Waals surface area contributed by atoms with Crippen LogP contribution >= 0.6 is 0 Å². The van der Waals surface area contributed by atoms with Gasteiger partial charge in [-0.15, -0.1) is 0 Å². The van der Waals surface area contributed by atoms with Crippen LogP contribution in [0.25, 0.3) is 0 Å². The highest BCUT2D eigenvalue weighted by molar-refractivity contribution is 5.81. The molecule has 1 aromatic carbocycles. The zero-order valence-corrected chi connectivity index (χ0v) is 11.8. The van der Waals surface area contributed by atoms with E-state index in [9.17, 15) is 4.79 Å². The summed E-state index contributed by atoms with van der Waals surface area (Å²) >= 11 is 0. The van der Waals surface area contributed by atoms with Crippen molar-refractivity contribution < 1.29 is 4.79 Å². The molecular weight excluding hydrogens is 254 g/mol. The lowest BCUT2D eigenvalue weighted by atomic mass is 10.1. The summed E-state index contributed by atoms with van der Waals surface area (Å²) in [5, 5.41) is 5.92. The molecule has 0 spiro atoms. The summed E-state index contributed by atoms with van der Waals surface area (Å²) in [5.74, 6) is 0.0700. The second-order valence-corrected chi connectivity index (χ2v) is 4.49. The molecule has 0 bridgehead atoms. The van der Waals surface area contributed by atoms with E-state index < -0.39 is 0 Å². The Labute approximate surface area is 119 Å². The number of carbonyl (C=O) groups excluding carboxylic acids is 1. The number of amides is 1. The second-order valence-electron chi connectivity index (χ2n) is 4.49. The molecule has 0 saturated heterocycles. The summed E-state index contributed by atoms with van der Waals surface area (Å²) in [6.45, 7) is 1.07. The van der Waals surface area contributed by atoms with Gasteiger partial charge in [-0.1, -0.05) is 30.3 Å². The molecule has 0 heterocycles. The van der Waals surface area contributed by atoms with Crippen LogP contribution in [0.3, 0.4) is 0 Å². The Morgan fingerprint density at radius 1 is 1.30 bits per heavy atom. The number of carbonyl (C=O) groups is 1. The minimum absolute atomic E-state index is 0.0129. The fourth-order valence-electron chi connectivity index (χ4n) is 1.82. The molecule has 6 nitrogen and oxygen atoms in total. The third-order valence-electron chi connectivity index (χ3n) is 2.92. The molecule has 0 aliphatic carbocycles. The van der Waals surface area contributed by atoms with Gasteiger partial charge in [0.25, 0.3) is 0 Å². The van der Waals surface area contributed by atoms with E-state index in [2.05, 4.69) is 15.6 Å². The van der Waals surface area contributed by atoms with Gasteiger partial charge in [-0.2, -0.15) is 0 Å². The maximum Gasteiger partial charge on any atom is 0.237 e. The van der Waals surface area contributed by atoms with Crippen molar-refractivity contribution in [2.75, 3.05) is 13.6 Å². The topological polar surface area (TPSA) is 106 Å². The van der Waals surface area contributed by atoms with Gasteiger partial charge in [-0.3, -0.25) is 9.79 Å². The molecule has 1 unspecified atom stereocenters. The summed E-state index contributed by atoms with van der Waals surface area (Å²) in [6.07, 6.45) is 1.44. The van der Waals surface area contributed by atoms with Crippen molar-refractivity contribution in [1.82, 2.24) is 10.6 Å². The molecule has 0 aliphatic rings. The minimum atomic E-state index is -0.229. The summed E-state index contributed by atoms with van der Waals surface area (Å²) < 4.78 is 0. The first-order valence-electron chi connectivity index (χ1n) is 6.67. The van der Waals surface area contributed by atoms with Crippen molar-refractivity contribution in [3.63, 3.8) is 0 Å². The molecule has 1 aromatic rings. The number of benzene rings is 1. The van der Waals surface area contributed by atoms with E-state index in [1.54, 1.807) is 7.05 Å². The van der Waals surface area contributed by atoms with E-state index >= 15 is 0 Å². The van der Waals surface area contributed by atoms with Crippen molar-refractivity contribution in [2.24, 2.45) is 16.5 Å². The Hall–Kier alpha value is -2.08. The highest BCUT2D eigenvalue weighted by atomic mass is 16.2. The Balaban J connectivity index is 2.33. The lowest BCUT2D eigenvalue weighted by molar-refractivity contribution is -0.123. The van der Waals surface area contributed by atoms with Gasteiger partial charge in [0.05, 0.1) is 6.04 Å². The van der Waals surface area contributed by atoms with Gasteiger partial charge in [0, 0.05) is 13.1 Å². The predicted octanol–water partition coefficient (Wildman–Crippen LogP) is -0.0556. The Kier molecular flexibility index (Phi) is 7.13. The predicted molar refractivity (Wildman–Crippen MR) is 81.0 cm³/mol. The molecule has 1 amide bonds. The molecule has 0 radical (unpaired) electrons. The average Bonchev–Trinajstić information content (AvgIpc) is 2.45. The third-order valence-corrected chi connectivity index (χ3v) is 2.92. The van der Waals surface area contributed by atoms with E-state index in [1.807, 2.05) is 30.3 Å². The molecule has 6 heteroatoms. The van der Waals surface area contributed by atoms with Crippen molar-refractivity contribution in [3.05, 3.63) is 35.9 Å². The maximum absolute atomic E-state index is 12.0. The zero-order valence-electron chi connectivity index (χ0n) is 11.8. The van der Waals surface area contributed by atoms with Crippen molar-refractivity contribution in [2.45, 2.75) is 25.4 Å². The van der Waals surface area contributed by atoms with Crippen LogP contribution in [0.4, 0.5) is 0 Å². The Morgan fingerprint density at radius 3 is 2.60 bits per heavy atom. The van der Waals surface area contributed by atoms with Crippen LogP contribution in [-0.4, -0.2) is 31.5 Å². The summed E-state index contributed by atoms with van der Waals surface area (Å²) in [4.78, 5) is 15.9. The first kappa shape index (κ1) is 16.0. The normalized spacial score (nSPS) is 11.7. The lowest BCUT2D eigenvalue weighted by Gasteiger charge is -2.15. The fourth-order valence-corrected chi connectivity index (χ4v) is 1.82. The number of nitrogens with one attached hydrogen (secondary N) is 2. The Morgan fingerprint density at radius 2 is 2.00 bits per heavy atom. The molecule has 0 aliphatic heterocycles. The molecule has 0 saturated carbocycles. The van der Waals surface area contributed by atoms with E-state index in [4.69, 9.17) is 11.5 Å². The lowest BCUT2D eigenvalue weighted by Crippen LogP contribution is -2.42. The molecule has 6 N–H and O–H groups in total. The molecule has 20 heavy (non-hydrogen) atoms. The Bertz CT molecular complexity index is 428. The van der Waals surface area contributed by atoms with Crippen molar-refractivity contribution in [1.29, 1.82) is 0 Å². The molecule has 1 rings (SSSR count). The standard InChI is InChI=1S/C14H23N5O/c1-17-12(8-5-9-18-14(15)16)13(20)19-10-11-6-3-2-4-7-11/h2-4,6-7,12,17H,5,8-10H2,1H3,(H,19,20)(H4,15,16,18). The number of guanidine groups is 1. The van der Waals surface area contributed by atoms with Crippen LogP contribution in [0.15, 0.2) is 35.3 Å². The van der Waals surface area contributed by atoms with Crippen molar-refractivity contribution >= 4 is 11.9 Å². The van der Waals surface area contributed by atoms with Crippen LogP contribution in [0, 0.1) is 0 Å². The van der Waals surface area contributed by atoms with Crippen LogP contribution in [0.5, 0.6) is 0 Å². The van der Waals surface area contributed by atoms with E-state index in [-0.39, 0.29) is 17.9 Å².